The molecule has 15 heteroatoms. The number of aliphatic hydroxyl groups is 1. The minimum atomic E-state index is -3.44. The van der Waals surface area contributed by atoms with Crippen LogP contribution < -0.4 is 10.6 Å². The SMILES string of the molecule is CCn1nc(CCCO)c2c1C(=O)NCC1(CCOCC1)C2.CCn1nc(CCCOS(C)(=O)=O)c2c1C(=O)NCC1(CCOCC1)C2. The third kappa shape index (κ3) is 8.47. The van der Waals surface area contributed by atoms with Crippen molar-refractivity contribution < 1.29 is 36.8 Å². The number of carbonyl (C=O) groups excluding carboxylic acids is 2. The summed E-state index contributed by atoms with van der Waals surface area (Å²) in [5.74, 6) is -0.0840. The summed E-state index contributed by atoms with van der Waals surface area (Å²) in [7, 11) is -3.44. The van der Waals surface area contributed by atoms with Crippen LogP contribution in [0, 0.1) is 10.8 Å². The van der Waals surface area contributed by atoms with Gasteiger partial charge in [-0.15, -0.1) is 0 Å². The molecule has 14 nitrogen and oxygen atoms in total. The van der Waals surface area contributed by atoms with Crippen LogP contribution in [0.25, 0.3) is 0 Å². The lowest BCUT2D eigenvalue weighted by Crippen LogP contribution is -2.40. The molecule has 0 aromatic carbocycles. The molecule has 4 aliphatic rings. The van der Waals surface area contributed by atoms with Crippen LogP contribution in [0.15, 0.2) is 0 Å². The summed E-state index contributed by atoms with van der Waals surface area (Å²) in [6.45, 7) is 9.87. The highest BCUT2D eigenvalue weighted by Crippen LogP contribution is 2.39. The second kappa shape index (κ2) is 15.8. The van der Waals surface area contributed by atoms with Gasteiger partial charge >= 0.3 is 0 Å². The maximum absolute atomic E-state index is 12.7. The van der Waals surface area contributed by atoms with E-state index in [0.717, 1.165) is 92.6 Å². The van der Waals surface area contributed by atoms with E-state index in [1.165, 1.54) is 0 Å². The molecule has 3 N–H and O–H groups in total. The molecule has 0 aliphatic carbocycles. The predicted molar refractivity (Wildman–Crippen MR) is 177 cm³/mol. The Morgan fingerprint density at radius 3 is 1.62 bits per heavy atom. The molecule has 0 atom stereocenters. The van der Waals surface area contributed by atoms with Gasteiger partial charge in [0.25, 0.3) is 21.9 Å². The molecule has 268 valence electrons. The number of hydrogen-bond donors (Lipinski definition) is 3. The molecule has 0 bridgehead atoms. The van der Waals surface area contributed by atoms with Crippen molar-refractivity contribution in [1.29, 1.82) is 0 Å². The number of nitrogens with one attached hydrogen (secondary N) is 2. The van der Waals surface area contributed by atoms with E-state index in [2.05, 4.69) is 20.8 Å². The Balaban J connectivity index is 0.000000190. The molecule has 6 rings (SSSR count). The predicted octanol–water partition coefficient (Wildman–Crippen LogP) is 1.81. The summed E-state index contributed by atoms with van der Waals surface area (Å²) in [6, 6.07) is 0. The highest BCUT2D eigenvalue weighted by molar-refractivity contribution is 7.85. The number of aliphatic hydroxyl groups excluding tert-OH is 1. The normalized spacial score (nSPS) is 20.2. The lowest BCUT2D eigenvalue weighted by molar-refractivity contribution is 0.0159. The van der Waals surface area contributed by atoms with Gasteiger partial charge in [-0.25, -0.2) is 0 Å². The third-order valence-electron chi connectivity index (χ3n) is 10.2. The molecule has 0 unspecified atom stereocenters. The molecule has 0 saturated carbocycles. The van der Waals surface area contributed by atoms with Gasteiger partial charge in [0, 0.05) is 70.3 Å². The number of carbonyl (C=O) groups is 2. The smallest absolute Gasteiger partial charge is 0.269 e. The molecule has 48 heavy (non-hydrogen) atoms. The summed E-state index contributed by atoms with van der Waals surface area (Å²) in [5.41, 5.74) is 5.42. The number of ether oxygens (including phenoxy) is 2. The third-order valence-corrected chi connectivity index (χ3v) is 10.8. The first-order valence-corrected chi connectivity index (χ1v) is 19.2. The Kier molecular flexibility index (Phi) is 12.0. The fourth-order valence-corrected chi connectivity index (χ4v) is 7.85. The van der Waals surface area contributed by atoms with E-state index in [9.17, 15) is 18.0 Å². The van der Waals surface area contributed by atoms with E-state index in [1.807, 2.05) is 18.5 Å². The van der Waals surface area contributed by atoms with Gasteiger partial charge in [-0.3, -0.25) is 23.1 Å². The van der Waals surface area contributed by atoms with E-state index in [4.69, 9.17) is 18.8 Å². The minimum Gasteiger partial charge on any atom is -0.396 e. The van der Waals surface area contributed by atoms with Gasteiger partial charge in [0.15, 0.2) is 0 Å². The zero-order chi connectivity index (χ0) is 34.4. The summed E-state index contributed by atoms with van der Waals surface area (Å²) in [6.07, 6.45) is 9.05. The van der Waals surface area contributed by atoms with Gasteiger partial charge in [-0.2, -0.15) is 18.6 Å². The van der Waals surface area contributed by atoms with Gasteiger partial charge in [-0.05, 0) is 88.9 Å². The van der Waals surface area contributed by atoms with E-state index < -0.39 is 10.1 Å². The molecule has 2 aromatic rings. The lowest BCUT2D eigenvalue weighted by Gasteiger charge is -2.36. The van der Waals surface area contributed by atoms with Crippen LogP contribution in [0.1, 0.15) is 95.9 Å². The number of aromatic nitrogens is 4. The monoisotopic (exact) mass is 692 g/mol. The largest absolute Gasteiger partial charge is 0.396 e. The van der Waals surface area contributed by atoms with Gasteiger partial charge in [0.2, 0.25) is 0 Å². The van der Waals surface area contributed by atoms with Crippen LogP contribution in [0.4, 0.5) is 0 Å². The lowest BCUT2D eigenvalue weighted by atomic mass is 9.75. The molecule has 2 saturated heterocycles. The maximum atomic E-state index is 12.7. The number of fused-ring (bicyclic) bond motifs is 2. The summed E-state index contributed by atoms with van der Waals surface area (Å²) in [4.78, 5) is 25.2. The Labute approximate surface area is 283 Å². The van der Waals surface area contributed by atoms with Gasteiger partial charge in [-0.1, -0.05) is 0 Å². The number of aryl methyl sites for hydroxylation is 4. The van der Waals surface area contributed by atoms with Crippen molar-refractivity contribution in [3.63, 3.8) is 0 Å². The summed E-state index contributed by atoms with van der Waals surface area (Å²) in [5, 5.41) is 24.6. The quantitative estimate of drug-likeness (QED) is 0.246. The van der Waals surface area contributed by atoms with Crippen molar-refractivity contribution in [1.82, 2.24) is 30.2 Å². The molecule has 2 fully saturated rings. The van der Waals surface area contributed by atoms with E-state index in [1.54, 1.807) is 4.68 Å². The van der Waals surface area contributed by atoms with Crippen molar-refractivity contribution in [2.45, 2.75) is 91.1 Å². The van der Waals surface area contributed by atoms with E-state index in [0.29, 0.717) is 64.3 Å². The van der Waals surface area contributed by atoms with Crippen molar-refractivity contribution in [2.75, 3.05) is 59.0 Å². The highest BCUT2D eigenvalue weighted by Gasteiger charge is 2.41. The second-order valence-corrected chi connectivity index (χ2v) is 15.2. The van der Waals surface area contributed by atoms with Crippen molar-refractivity contribution in [2.24, 2.45) is 10.8 Å². The average molecular weight is 693 g/mol. The first-order chi connectivity index (χ1) is 23.0. The fourth-order valence-electron chi connectivity index (χ4n) is 7.43. The maximum Gasteiger partial charge on any atom is 0.269 e. The van der Waals surface area contributed by atoms with Crippen LogP contribution in [0.5, 0.6) is 0 Å². The standard InChI is InChI=1S/C17H27N3O5S.C16H25N3O3/c1-3-20-15-13(14(19-20)5-4-8-25-26(2,22)23)11-17(12-18-16(15)21)6-9-24-10-7-17;1-2-19-14-12(13(18-19)4-3-7-20)10-16(11-17-15(14)21)5-8-22-9-6-16/h3-12H2,1-2H3,(H,18,21);20H,2-11H2,1H3,(H,17,21). The number of hydrogen-bond acceptors (Lipinski definition) is 10. The molecule has 4 aliphatic heterocycles. The van der Waals surface area contributed by atoms with E-state index in [-0.39, 0.29) is 35.9 Å². The van der Waals surface area contributed by atoms with Crippen molar-refractivity contribution in [3.8, 4) is 0 Å². The van der Waals surface area contributed by atoms with Gasteiger partial charge in [0.05, 0.1) is 24.3 Å². The molecule has 6 heterocycles. The summed E-state index contributed by atoms with van der Waals surface area (Å²) >= 11 is 0. The number of amides is 2. The number of rotatable bonds is 10. The average Bonchev–Trinajstić information content (AvgIpc) is 3.51. The molecule has 2 aromatic heterocycles. The minimum absolute atomic E-state index is 0.0111. The van der Waals surface area contributed by atoms with Crippen LogP contribution in [0.2, 0.25) is 0 Å². The van der Waals surface area contributed by atoms with Gasteiger partial charge < -0.3 is 25.2 Å². The Morgan fingerprint density at radius 1 is 0.792 bits per heavy atom. The molecule has 0 radical (unpaired) electrons. The van der Waals surface area contributed by atoms with Crippen LogP contribution in [-0.4, -0.2) is 104 Å². The fraction of sp³-hybridized carbons (Fsp3) is 0.758. The van der Waals surface area contributed by atoms with E-state index >= 15 is 0 Å². The molecule has 2 amide bonds. The van der Waals surface area contributed by atoms with Crippen molar-refractivity contribution >= 4 is 21.9 Å². The Morgan fingerprint density at radius 2 is 1.23 bits per heavy atom. The first kappa shape index (κ1) is 36.4. The molecular formula is C33H52N6O8S. The topological polar surface area (TPSA) is 176 Å². The number of nitrogens with zero attached hydrogens (tertiary/aromatic N) is 4. The first-order valence-electron chi connectivity index (χ1n) is 17.4. The Bertz CT molecular complexity index is 1540. The summed E-state index contributed by atoms with van der Waals surface area (Å²) < 4.78 is 41.6. The molecule has 2 spiro atoms. The van der Waals surface area contributed by atoms with Crippen LogP contribution in [0.3, 0.4) is 0 Å². The molecular weight excluding hydrogens is 640 g/mol. The van der Waals surface area contributed by atoms with Crippen LogP contribution >= 0.6 is 0 Å². The van der Waals surface area contributed by atoms with Crippen molar-refractivity contribution in [3.05, 3.63) is 33.9 Å². The highest BCUT2D eigenvalue weighted by atomic mass is 32.2. The van der Waals surface area contributed by atoms with Gasteiger partial charge in [0.1, 0.15) is 11.4 Å². The Hall–Kier alpha value is -2.85. The zero-order valence-electron chi connectivity index (χ0n) is 28.6. The second-order valence-electron chi connectivity index (χ2n) is 13.6. The van der Waals surface area contributed by atoms with Crippen LogP contribution in [-0.2, 0) is 62.5 Å². The zero-order valence-corrected chi connectivity index (χ0v) is 29.5.